The Morgan fingerprint density at radius 2 is 1.81 bits per heavy atom. The molecule has 2 heterocycles. The number of halogens is 2. The predicted molar refractivity (Wildman–Crippen MR) is 114 cm³/mol. The van der Waals surface area contributed by atoms with Crippen LogP contribution < -0.4 is 5.73 Å². The smallest absolute Gasteiger partial charge is 0.335 e. The molecule has 2 fully saturated rings. The third kappa shape index (κ3) is 6.76. The van der Waals surface area contributed by atoms with Gasteiger partial charge in [0.2, 0.25) is 0 Å². The number of carboxylic acids is 2. The first-order chi connectivity index (χ1) is 14.6. The molecule has 6 N–H and O–H groups in total. The van der Waals surface area contributed by atoms with E-state index in [0.29, 0.717) is 17.0 Å². The molecular formula is C20H29Cl2N2O7+. The lowest BCUT2D eigenvalue weighted by Gasteiger charge is -2.40. The number of nitrogens with zero attached hydrogens (tertiary/aromatic N) is 1. The average Bonchev–Trinajstić information content (AvgIpc) is 3.40. The first-order valence-corrected chi connectivity index (χ1v) is 10.7. The van der Waals surface area contributed by atoms with E-state index in [1.54, 1.807) is 0 Å². The van der Waals surface area contributed by atoms with Gasteiger partial charge in [0.05, 0.1) is 31.3 Å². The molecule has 2 saturated heterocycles. The third-order valence-corrected chi connectivity index (χ3v) is 6.51. The average molecular weight is 480 g/mol. The summed E-state index contributed by atoms with van der Waals surface area (Å²) in [6.07, 6.45) is -2.18. The number of benzene rings is 1. The fourth-order valence-corrected chi connectivity index (χ4v) is 4.61. The van der Waals surface area contributed by atoms with Crippen molar-refractivity contribution in [3.05, 3.63) is 33.8 Å². The molecule has 0 bridgehead atoms. The molecule has 9 nitrogen and oxygen atoms in total. The van der Waals surface area contributed by atoms with Crippen molar-refractivity contribution in [1.29, 1.82) is 0 Å². The summed E-state index contributed by atoms with van der Waals surface area (Å²) in [5.41, 5.74) is 7.10. The van der Waals surface area contributed by atoms with Crippen molar-refractivity contribution in [2.24, 2.45) is 11.7 Å². The van der Waals surface area contributed by atoms with Crippen LogP contribution in [0.5, 0.6) is 0 Å². The number of nitrogens with two attached hydrogens (primary N) is 1. The maximum absolute atomic E-state index is 9.77. The molecule has 2 aliphatic heterocycles. The van der Waals surface area contributed by atoms with Crippen LogP contribution in [0.3, 0.4) is 0 Å². The van der Waals surface area contributed by atoms with Gasteiger partial charge in [-0.05, 0) is 12.1 Å². The van der Waals surface area contributed by atoms with Crippen LogP contribution in [0.2, 0.25) is 10.0 Å². The minimum atomic E-state index is -2.27. The number of hydrogen-bond donors (Lipinski definition) is 5. The number of rotatable bonds is 7. The maximum atomic E-state index is 9.77. The highest BCUT2D eigenvalue weighted by molar-refractivity contribution is 6.35. The van der Waals surface area contributed by atoms with Crippen LogP contribution in [0.25, 0.3) is 0 Å². The molecule has 174 valence electrons. The molecule has 1 aromatic carbocycles. The van der Waals surface area contributed by atoms with Gasteiger partial charge in [0.25, 0.3) is 0 Å². The summed E-state index contributed by atoms with van der Waals surface area (Å²) in [6, 6.07) is 6.42. The van der Waals surface area contributed by atoms with Gasteiger partial charge < -0.3 is 35.4 Å². The largest absolute Gasteiger partial charge is 0.479 e. The normalized spacial score (nSPS) is 27.3. The van der Waals surface area contributed by atoms with Gasteiger partial charge in [-0.3, -0.25) is 0 Å². The molecule has 3 rings (SSSR count). The van der Waals surface area contributed by atoms with Gasteiger partial charge in [0.15, 0.2) is 12.2 Å². The van der Waals surface area contributed by atoms with Crippen molar-refractivity contribution in [3.63, 3.8) is 0 Å². The van der Waals surface area contributed by atoms with Gasteiger partial charge in [-0.1, -0.05) is 29.3 Å². The molecule has 1 aromatic rings. The minimum Gasteiger partial charge on any atom is -0.479 e. The standard InChI is InChI=1S/C16H23Cl2N2O.C4H6O6/c17-14-2-1-13(16(18)7-14)10-20(15-4-6-21-11-15)5-3-12(8-19)9-20;5-1(3(7)8)2(6)4(9)10/h1-2,7,12,15H,3-6,8-11,19H2;1-2,5-6H,(H,7,8)(H,9,10)/q+1;/t12-,15+,20?;/m1./s1. The molecular weight excluding hydrogens is 451 g/mol. The summed E-state index contributed by atoms with van der Waals surface area (Å²) in [7, 11) is 0. The van der Waals surface area contributed by atoms with Crippen LogP contribution in [0, 0.1) is 5.92 Å². The lowest BCUT2D eigenvalue weighted by atomic mass is 10.1. The van der Waals surface area contributed by atoms with Gasteiger partial charge in [-0.25, -0.2) is 9.59 Å². The van der Waals surface area contributed by atoms with Crippen LogP contribution in [0.1, 0.15) is 18.4 Å². The second kappa shape index (κ2) is 11.4. The number of ether oxygens (including phenoxy) is 1. The number of carbonyl (C=O) groups is 2. The molecule has 0 spiro atoms. The molecule has 0 aliphatic carbocycles. The first-order valence-electron chi connectivity index (χ1n) is 9.99. The van der Waals surface area contributed by atoms with Gasteiger partial charge in [0.1, 0.15) is 12.6 Å². The number of aliphatic carboxylic acids is 2. The number of aliphatic hydroxyl groups excluding tert-OH is 2. The van der Waals surface area contributed by atoms with Crippen LogP contribution in [0.15, 0.2) is 18.2 Å². The van der Waals surface area contributed by atoms with Gasteiger partial charge in [-0.2, -0.15) is 0 Å². The fraction of sp³-hybridized carbons (Fsp3) is 0.600. The van der Waals surface area contributed by atoms with Crippen molar-refractivity contribution in [3.8, 4) is 0 Å². The van der Waals surface area contributed by atoms with Crippen molar-refractivity contribution < 1.29 is 39.2 Å². The van der Waals surface area contributed by atoms with E-state index >= 15 is 0 Å². The molecule has 0 saturated carbocycles. The van der Waals surface area contributed by atoms with Gasteiger partial charge >= 0.3 is 11.9 Å². The summed E-state index contributed by atoms with van der Waals surface area (Å²) >= 11 is 12.4. The lowest BCUT2D eigenvalue weighted by molar-refractivity contribution is -0.952. The van der Waals surface area contributed by atoms with Crippen molar-refractivity contribution in [2.45, 2.75) is 37.6 Å². The highest BCUT2D eigenvalue weighted by Gasteiger charge is 2.45. The van der Waals surface area contributed by atoms with Crippen molar-refractivity contribution in [1.82, 2.24) is 0 Å². The molecule has 0 aromatic heterocycles. The third-order valence-electron chi connectivity index (χ3n) is 5.92. The molecule has 31 heavy (non-hydrogen) atoms. The van der Waals surface area contributed by atoms with E-state index in [1.807, 2.05) is 12.1 Å². The Bertz CT molecular complexity index is 758. The number of likely N-dealkylation sites (tertiary alicyclic amines) is 1. The highest BCUT2D eigenvalue weighted by Crippen LogP contribution is 2.35. The quantitative estimate of drug-likeness (QED) is 0.362. The summed E-state index contributed by atoms with van der Waals surface area (Å²) in [6.45, 7) is 5.80. The Balaban J connectivity index is 0.000000291. The molecule has 2 aliphatic rings. The Labute approximate surface area is 190 Å². The van der Waals surface area contributed by atoms with Crippen molar-refractivity contribution in [2.75, 3.05) is 32.8 Å². The van der Waals surface area contributed by atoms with E-state index in [0.717, 1.165) is 48.8 Å². The number of quaternary nitrogens is 1. The molecule has 3 unspecified atom stereocenters. The number of carboxylic acid groups (broad SMARTS) is 2. The van der Waals surface area contributed by atoms with Crippen LogP contribution in [0.4, 0.5) is 0 Å². The summed E-state index contributed by atoms with van der Waals surface area (Å²) < 4.78 is 6.72. The zero-order valence-corrected chi connectivity index (χ0v) is 18.5. The maximum Gasteiger partial charge on any atom is 0.335 e. The Kier molecular flexibility index (Phi) is 9.50. The molecule has 0 radical (unpaired) electrons. The Morgan fingerprint density at radius 1 is 1.16 bits per heavy atom. The molecule has 0 amide bonds. The Hall–Kier alpha value is -1.46. The second-order valence-corrected chi connectivity index (χ2v) is 8.84. The van der Waals surface area contributed by atoms with E-state index in [9.17, 15) is 9.59 Å². The summed E-state index contributed by atoms with van der Waals surface area (Å²) in [5, 5.41) is 34.0. The van der Waals surface area contributed by atoms with Crippen molar-refractivity contribution >= 4 is 35.1 Å². The summed E-state index contributed by atoms with van der Waals surface area (Å²) in [4.78, 5) is 19.5. The highest BCUT2D eigenvalue weighted by atomic mass is 35.5. The first kappa shape index (κ1) is 25.8. The van der Waals surface area contributed by atoms with Crippen LogP contribution >= 0.6 is 23.2 Å². The van der Waals surface area contributed by atoms with E-state index in [2.05, 4.69) is 6.07 Å². The number of hydrogen-bond acceptors (Lipinski definition) is 6. The monoisotopic (exact) mass is 479 g/mol. The van der Waals surface area contributed by atoms with E-state index < -0.39 is 24.1 Å². The second-order valence-electron chi connectivity index (χ2n) is 7.99. The van der Waals surface area contributed by atoms with E-state index in [4.69, 9.17) is 54.1 Å². The Morgan fingerprint density at radius 3 is 2.26 bits per heavy atom. The van der Waals surface area contributed by atoms with Gasteiger partial charge in [0, 0.05) is 35.9 Å². The predicted octanol–water partition coefficient (Wildman–Crippen LogP) is 0.955. The molecule has 11 heteroatoms. The molecule has 5 atom stereocenters. The van der Waals surface area contributed by atoms with Crippen LogP contribution in [-0.4, -0.2) is 87.9 Å². The zero-order valence-electron chi connectivity index (χ0n) is 17.0. The van der Waals surface area contributed by atoms with Crippen LogP contribution in [-0.2, 0) is 20.9 Å². The topological polar surface area (TPSA) is 150 Å². The summed E-state index contributed by atoms with van der Waals surface area (Å²) in [5.74, 6) is -2.92. The fourth-order valence-electron chi connectivity index (χ4n) is 4.15. The minimum absolute atomic E-state index is 0.577. The van der Waals surface area contributed by atoms with E-state index in [-0.39, 0.29) is 0 Å². The number of aliphatic hydroxyl groups is 2. The van der Waals surface area contributed by atoms with E-state index in [1.165, 1.54) is 18.5 Å². The zero-order chi connectivity index (χ0) is 23.2. The van der Waals surface area contributed by atoms with Gasteiger partial charge in [-0.15, -0.1) is 0 Å². The lowest BCUT2D eigenvalue weighted by Crippen LogP contribution is -2.53. The SMILES string of the molecule is NC[C@H]1CC[N+](Cc2ccc(Cl)cc2Cl)([C@H]2CCOC2)C1.O=C(O)C(O)C(O)C(=O)O.